The largest absolute Gasteiger partial charge is 0.461 e. The maximum absolute atomic E-state index is 12.7. The van der Waals surface area contributed by atoms with Crippen molar-refractivity contribution in [3.05, 3.63) is 35.9 Å². The molecular formula is C21H32NO6P. The summed E-state index contributed by atoms with van der Waals surface area (Å²) >= 11 is 0. The number of carbonyl (C=O) groups is 2. The lowest BCUT2D eigenvalue weighted by Crippen LogP contribution is -2.44. The Labute approximate surface area is 172 Å². The molecule has 0 aliphatic heterocycles. The van der Waals surface area contributed by atoms with Gasteiger partial charge in [-0.2, -0.15) is 0 Å². The van der Waals surface area contributed by atoms with Crippen molar-refractivity contribution in [1.29, 1.82) is 0 Å². The second-order valence-electron chi connectivity index (χ2n) is 8.02. The molecule has 1 fully saturated rings. The highest BCUT2D eigenvalue weighted by Crippen LogP contribution is 2.39. The van der Waals surface area contributed by atoms with Gasteiger partial charge >= 0.3 is 13.6 Å². The molecule has 3 atom stereocenters. The van der Waals surface area contributed by atoms with Gasteiger partial charge in [0, 0.05) is 5.92 Å². The van der Waals surface area contributed by atoms with Crippen LogP contribution >= 0.6 is 7.60 Å². The van der Waals surface area contributed by atoms with Crippen molar-refractivity contribution in [1.82, 2.24) is 5.32 Å². The fraction of sp³-hybridized carbons (Fsp3) is 0.619. The minimum absolute atomic E-state index is 0.0667. The molecule has 0 bridgehead atoms. The van der Waals surface area contributed by atoms with Crippen LogP contribution in [0.15, 0.2) is 30.3 Å². The third kappa shape index (κ3) is 8.29. The Bertz CT molecular complexity index is 713. The van der Waals surface area contributed by atoms with Gasteiger partial charge in [0.25, 0.3) is 0 Å². The first kappa shape index (κ1) is 23.6. The van der Waals surface area contributed by atoms with Crippen LogP contribution in [0.5, 0.6) is 0 Å². The van der Waals surface area contributed by atoms with E-state index in [1.165, 1.54) is 6.92 Å². The Morgan fingerprint density at radius 3 is 2.34 bits per heavy atom. The molecule has 1 aliphatic rings. The number of carbonyl (C=O) groups excluding carboxylic acids is 2. The van der Waals surface area contributed by atoms with Crippen LogP contribution in [0.25, 0.3) is 0 Å². The molecular weight excluding hydrogens is 393 g/mol. The summed E-state index contributed by atoms with van der Waals surface area (Å²) in [6.07, 6.45) is 4.47. The molecule has 0 aromatic heterocycles. The van der Waals surface area contributed by atoms with Crippen LogP contribution in [0.1, 0.15) is 63.9 Å². The maximum atomic E-state index is 12.7. The van der Waals surface area contributed by atoms with E-state index in [2.05, 4.69) is 5.32 Å². The van der Waals surface area contributed by atoms with Crippen LogP contribution in [0, 0.1) is 5.92 Å². The van der Waals surface area contributed by atoms with Crippen molar-refractivity contribution >= 4 is 19.5 Å². The summed E-state index contributed by atoms with van der Waals surface area (Å²) in [5.41, 5.74) is 0.987. The summed E-state index contributed by atoms with van der Waals surface area (Å²) in [7, 11) is -4.40. The number of hydrogen-bond acceptors (Lipinski definition) is 4. The predicted molar refractivity (Wildman–Crippen MR) is 110 cm³/mol. The zero-order valence-corrected chi connectivity index (χ0v) is 18.0. The maximum Gasteiger partial charge on any atom is 0.328 e. The van der Waals surface area contributed by atoms with Gasteiger partial charge in [-0.1, -0.05) is 43.7 Å². The molecule has 1 unspecified atom stereocenters. The third-order valence-corrected chi connectivity index (χ3v) is 6.30. The van der Waals surface area contributed by atoms with Gasteiger partial charge in [0.1, 0.15) is 12.1 Å². The van der Waals surface area contributed by atoms with E-state index in [1.807, 2.05) is 37.3 Å². The highest BCUT2D eigenvalue weighted by Gasteiger charge is 2.31. The molecule has 1 aromatic rings. The summed E-state index contributed by atoms with van der Waals surface area (Å²) < 4.78 is 17.0. The van der Waals surface area contributed by atoms with E-state index in [-0.39, 0.29) is 18.4 Å². The molecule has 0 radical (unpaired) electrons. The Morgan fingerprint density at radius 1 is 1.14 bits per heavy atom. The third-order valence-electron chi connectivity index (χ3n) is 5.38. The molecule has 1 aromatic carbocycles. The summed E-state index contributed by atoms with van der Waals surface area (Å²) in [4.78, 5) is 43.9. The first-order valence-electron chi connectivity index (χ1n) is 10.3. The van der Waals surface area contributed by atoms with Gasteiger partial charge in [0.05, 0.1) is 6.16 Å². The molecule has 162 valence electrons. The fourth-order valence-electron chi connectivity index (χ4n) is 3.74. The molecule has 1 amide bonds. The monoisotopic (exact) mass is 425 g/mol. The number of hydrogen-bond donors (Lipinski definition) is 3. The van der Waals surface area contributed by atoms with E-state index in [0.29, 0.717) is 0 Å². The van der Waals surface area contributed by atoms with Crippen molar-refractivity contribution in [3.63, 3.8) is 0 Å². The Hall–Kier alpha value is -1.69. The zero-order valence-electron chi connectivity index (χ0n) is 17.1. The van der Waals surface area contributed by atoms with Crippen LogP contribution in [0.4, 0.5) is 0 Å². The molecule has 7 nitrogen and oxygen atoms in total. The van der Waals surface area contributed by atoms with E-state index < -0.39 is 37.6 Å². The van der Waals surface area contributed by atoms with Crippen LogP contribution in [0.2, 0.25) is 0 Å². The minimum atomic E-state index is -4.40. The van der Waals surface area contributed by atoms with E-state index in [1.54, 1.807) is 0 Å². The first-order valence-corrected chi connectivity index (χ1v) is 12.1. The summed E-state index contributed by atoms with van der Waals surface area (Å²) in [5, 5.41) is 2.59. The van der Waals surface area contributed by atoms with Crippen molar-refractivity contribution in [3.8, 4) is 0 Å². The van der Waals surface area contributed by atoms with Crippen LogP contribution < -0.4 is 5.32 Å². The Morgan fingerprint density at radius 2 is 1.76 bits per heavy atom. The molecule has 8 heteroatoms. The van der Waals surface area contributed by atoms with Gasteiger partial charge in [-0.05, 0) is 50.5 Å². The average Bonchev–Trinajstić information content (AvgIpc) is 2.67. The lowest BCUT2D eigenvalue weighted by molar-refractivity contribution is -0.154. The smallest absolute Gasteiger partial charge is 0.328 e. The number of rotatable bonds is 9. The van der Waals surface area contributed by atoms with E-state index in [9.17, 15) is 23.9 Å². The van der Waals surface area contributed by atoms with E-state index in [0.717, 1.165) is 37.7 Å². The zero-order chi connectivity index (χ0) is 21.4. The van der Waals surface area contributed by atoms with Crippen molar-refractivity contribution in [2.24, 2.45) is 5.92 Å². The van der Waals surface area contributed by atoms with Gasteiger partial charge in [-0.25, -0.2) is 4.79 Å². The highest BCUT2D eigenvalue weighted by atomic mass is 31.2. The summed E-state index contributed by atoms with van der Waals surface area (Å²) in [6, 6.07) is 8.62. The molecule has 0 spiro atoms. The normalized spacial score (nSPS) is 18.5. The Kier molecular flexibility index (Phi) is 8.87. The predicted octanol–water partition coefficient (Wildman–Crippen LogP) is 3.35. The van der Waals surface area contributed by atoms with Gasteiger partial charge < -0.3 is 19.8 Å². The molecule has 0 heterocycles. The molecule has 29 heavy (non-hydrogen) atoms. The topological polar surface area (TPSA) is 113 Å². The van der Waals surface area contributed by atoms with Crippen LogP contribution in [0.3, 0.4) is 0 Å². The van der Waals surface area contributed by atoms with Gasteiger partial charge in [-0.15, -0.1) is 0 Å². The first-order chi connectivity index (χ1) is 13.7. The lowest BCUT2D eigenvalue weighted by atomic mass is 9.90. The second kappa shape index (κ2) is 10.9. The SMILES string of the molecule is C[C@H](NC(=O)C(C[C@H](C)c1ccccc1)CP(=O)(O)O)C(=O)OC1CCCCC1. The van der Waals surface area contributed by atoms with E-state index in [4.69, 9.17) is 4.74 Å². The quantitative estimate of drug-likeness (QED) is 0.413. The van der Waals surface area contributed by atoms with Crippen LogP contribution in [-0.2, 0) is 18.9 Å². The van der Waals surface area contributed by atoms with Crippen molar-refractivity contribution < 1.29 is 28.7 Å². The second-order valence-corrected chi connectivity index (χ2v) is 9.71. The lowest BCUT2D eigenvalue weighted by Gasteiger charge is -2.25. The Balaban J connectivity index is 1.98. The molecule has 0 saturated heterocycles. The number of esters is 1. The van der Waals surface area contributed by atoms with Gasteiger partial charge in [0.2, 0.25) is 5.91 Å². The number of benzene rings is 1. The summed E-state index contributed by atoms with van der Waals surface area (Å²) in [5.74, 6) is -2.01. The number of amides is 1. The van der Waals surface area contributed by atoms with Gasteiger partial charge in [-0.3, -0.25) is 9.36 Å². The molecule has 1 saturated carbocycles. The number of nitrogens with one attached hydrogen (secondary N) is 1. The summed E-state index contributed by atoms with van der Waals surface area (Å²) in [6.45, 7) is 3.45. The average molecular weight is 425 g/mol. The standard InChI is InChI=1S/C21H32NO6P/c1-15(17-9-5-3-6-10-17)13-18(14-29(25,26)27)20(23)22-16(2)21(24)28-19-11-7-4-8-12-19/h3,5-6,9-10,15-16,18-19H,4,7-8,11-14H2,1-2H3,(H,22,23)(H2,25,26,27)/t15-,16-,18?/m0/s1. The van der Waals surface area contributed by atoms with Crippen molar-refractivity contribution in [2.45, 2.75) is 70.4 Å². The number of ether oxygens (including phenoxy) is 1. The molecule has 1 aliphatic carbocycles. The highest BCUT2D eigenvalue weighted by molar-refractivity contribution is 7.51. The van der Waals surface area contributed by atoms with Gasteiger partial charge in [0.15, 0.2) is 0 Å². The fourth-order valence-corrected chi connectivity index (χ4v) is 4.62. The van der Waals surface area contributed by atoms with E-state index >= 15 is 0 Å². The van der Waals surface area contributed by atoms with Crippen molar-refractivity contribution in [2.75, 3.05) is 6.16 Å². The molecule has 2 rings (SSSR count). The molecule has 3 N–H and O–H groups in total. The van der Waals surface area contributed by atoms with Crippen LogP contribution in [-0.4, -0.2) is 40.0 Å². The minimum Gasteiger partial charge on any atom is -0.461 e.